The monoisotopic (exact) mass is 390 g/mol. The van der Waals surface area contributed by atoms with E-state index in [9.17, 15) is 13.6 Å². The number of halogens is 2. The van der Waals surface area contributed by atoms with E-state index in [1.807, 2.05) is 0 Å². The third-order valence-electron chi connectivity index (χ3n) is 3.84. The van der Waals surface area contributed by atoms with Gasteiger partial charge in [0, 0.05) is 12.6 Å². The predicted molar refractivity (Wildman–Crippen MR) is 99.4 cm³/mol. The first-order valence-corrected chi connectivity index (χ1v) is 8.70. The highest BCUT2D eigenvalue weighted by atomic mass is 32.1. The van der Waals surface area contributed by atoms with Crippen molar-refractivity contribution in [2.24, 2.45) is 4.99 Å². The summed E-state index contributed by atoms with van der Waals surface area (Å²) in [6.45, 7) is 3.85. The van der Waals surface area contributed by atoms with Gasteiger partial charge in [-0.2, -0.15) is 4.99 Å². The second-order valence-electron chi connectivity index (χ2n) is 5.50. The van der Waals surface area contributed by atoms with Crippen molar-refractivity contribution < 1.29 is 23.0 Å². The van der Waals surface area contributed by atoms with Crippen LogP contribution in [0.15, 0.2) is 48.0 Å². The molecule has 140 valence electrons. The average molecular weight is 390 g/mol. The van der Waals surface area contributed by atoms with E-state index < -0.39 is 17.5 Å². The number of benzene rings is 2. The number of thiazole rings is 1. The topological polar surface area (TPSA) is 52.8 Å². The van der Waals surface area contributed by atoms with Gasteiger partial charge in [-0.15, -0.1) is 6.58 Å². The van der Waals surface area contributed by atoms with Gasteiger partial charge in [0.25, 0.3) is 5.91 Å². The number of hydrogen-bond donors (Lipinski definition) is 0. The third-order valence-corrected chi connectivity index (χ3v) is 4.87. The van der Waals surface area contributed by atoms with Crippen molar-refractivity contribution in [3.8, 4) is 11.5 Å². The van der Waals surface area contributed by atoms with Gasteiger partial charge < -0.3 is 14.0 Å². The normalized spacial score (nSPS) is 11.6. The highest BCUT2D eigenvalue weighted by molar-refractivity contribution is 7.16. The number of fused-ring (bicyclic) bond motifs is 1. The molecule has 2 aromatic carbocycles. The minimum atomic E-state index is -0.726. The largest absolute Gasteiger partial charge is 0.497 e. The maximum absolute atomic E-state index is 14.3. The zero-order valence-electron chi connectivity index (χ0n) is 14.7. The number of carbonyl (C=O) groups is 1. The molecule has 0 aliphatic heterocycles. The van der Waals surface area contributed by atoms with Crippen molar-refractivity contribution in [1.82, 2.24) is 4.57 Å². The Balaban J connectivity index is 2.21. The number of methoxy groups -OCH3 is 2. The van der Waals surface area contributed by atoms with E-state index in [2.05, 4.69) is 11.6 Å². The van der Waals surface area contributed by atoms with E-state index in [4.69, 9.17) is 9.47 Å². The van der Waals surface area contributed by atoms with Crippen LogP contribution in [-0.4, -0.2) is 24.7 Å². The molecule has 1 amide bonds. The molecule has 5 nitrogen and oxygen atoms in total. The SMILES string of the molecule is C=CCn1c(=NC(=O)c2cc(OC)ccc2OC)sc2cc(F)cc(F)c21. The Labute approximate surface area is 157 Å². The first kappa shape index (κ1) is 18.8. The van der Waals surface area contributed by atoms with E-state index >= 15 is 0 Å². The Kier molecular flexibility index (Phi) is 5.36. The zero-order chi connectivity index (χ0) is 19.6. The van der Waals surface area contributed by atoms with Crippen molar-refractivity contribution in [2.45, 2.75) is 6.54 Å². The maximum atomic E-state index is 14.3. The molecule has 27 heavy (non-hydrogen) atoms. The molecule has 0 saturated heterocycles. The number of amides is 1. The van der Waals surface area contributed by atoms with Gasteiger partial charge in [0.15, 0.2) is 10.6 Å². The third kappa shape index (κ3) is 3.61. The molecule has 3 rings (SSSR count). The van der Waals surface area contributed by atoms with Crippen LogP contribution >= 0.6 is 11.3 Å². The van der Waals surface area contributed by atoms with Gasteiger partial charge in [-0.1, -0.05) is 17.4 Å². The Morgan fingerprint density at radius 3 is 2.70 bits per heavy atom. The second-order valence-corrected chi connectivity index (χ2v) is 6.51. The van der Waals surface area contributed by atoms with Gasteiger partial charge in [0.2, 0.25) is 0 Å². The van der Waals surface area contributed by atoms with E-state index in [-0.39, 0.29) is 22.4 Å². The zero-order valence-corrected chi connectivity index (χ0v) is 15.5. The summed E-state index contributed by atoms with van der Waals surface area (Å²) in [6.07, 6.45) is 1.55. The van der Waals surface area contributed by atoms with E-state index in [0.29, 0.717) is 16.2 Å². The number of carbonyl (C=O) groups excluding carboxylic acids is 1. The van der Waals surface area contributed by atoms with Gasteiger partial charge >= 0.3 is 0 Å². The van der Waals surface area contributed by atoms with Crippen LogP contribution in [0.25, 0.3) is 10.2 Å². The number of hydrogen-bond acceptors (Lipinski definition) is 4. The van der Waals surface area contributed by atoms with Crippen molar-refractivity contribution in [1.29, 1.82) is 0 Å². The molecule has 0 aliphatic carbocycles. The minimum Gasteiger partial charge on any atom is -0.497 e. The highest BCUT2D eigenvalue weighted by Gasteiger charge is 2.16. The lowest BCUT2D eigenvalue weighted by Gasteiger charge is -2.07. The van der Waals surface area contributed by atoms with Crippen LogP contribution in [0.2, 0.25) is 0 Å². The minimum absolute atomic E-state index is 0.172. The molecule has 0 unspecified atom stereocenters. The highest BCUT2D eigenvalue weighted by Crippen LogP contribution is 2.25. The summed E-state index contributed by atoms with van der Waals surface area (Å²) < 4.78 is 40.0. The summed E-state index contributed by atoms with van der Waals surface area (Å²) in [4.78, 5) is 17.1. The standard InChI is InChI=1S/C19H16F2N2O3S/c1-4-7-23-17-14(21)8-11(20)9-16(17)27-19(23)22-18(24)13-10-12(25-2)5-6-15(13)26-3/h4-6,8-10H,1,7H2,2-3H3. The number of ether oxygens (including phenoxy) is 2. The van der Waals surface area contributed by atoms with Crippen LogP contribution in [-0.2, 0) is 6.54 Å². The molecular weight excluding hydrogens is 374 g/mol. The van der Waals surface area contributed by atoms with Gasteiger partial charge in [-0.05, 0) is 24.3 Å². The van der Waals surface area contributed by atoms with Crippen LogP contribution in [0, 0.1) is 11.6 Å². The molecule has 0 bridgehead atoms. The lowest BCUT2D eigenvalue weighted by Crippen LogP contribution is -2.17. The fraction of sp³-hybridized carbons (Fsp3) is 0.158. The van der Waals surface area contributed by atoms with Gasteiger partial charge in [0.1, 0.15) is 17.3 Å². The molecule has 3 aromatic rings. The summed E-state index contributed by atoms with van der Waals surface area (Å²) in [5.41, 5.74) is 0.372. The number of aromatic nitrogens is 1. The summed E-state index contributed by atoms with van der Waals surface area (Å²) in [5.74, 6) is -1.21. The molecule has 0 N–H and O–H groups in total. The fourth-order valence-corrected chi connectivity index (χ4v) is 3.72. The number of allylic oxidation sites excluding steroid dienone is 1. The quantitative estimate of drug-likeness (QED) is 0.621. The molecule has 0 fully saturated rings. The maximum Gasteiger partial charge on any atom is 0.283 e. The molecule has 0 radical (unpaired) electrons. The van der Waals surface area contributed by atoms with E-state index in [1.165, 1.54) is 30.9 Å². The first-order valence-electron chi connectivity index (χ1n) is 7.88. The summed E-state index contributed by atoms with van der Waals surface area (Å²) in [5, 5.41) is 0. The van der Waals surface area contributed by atoms with Crippen LogP contribution in [0.1, 0.15) is 10.4 Å². The predicted octanol–water partition coefficient (Wildman–Crippen LogP) is 3.93. The molecular formula is C19H16F2N2O3S. The van der Waals surface area contributed by atoms with Crippen molar-refractivity contribution >= 4 is 27.5 Å². The molecule has 1 heterocycles. The van der Waals surface area contributed by atoms with Crippen LogP contribution in [0.3, 0.4) is 0 Å². The fourth-order valence-electron chi connectivity index (χ4n) is 2.64. The van der Waals surface area contributed by atoms with Gasteiger partial charge in [0.05, 0.1) is 30.0 Å². The number of rotatable bonds is 5. The lowest BCUT2D eigenvalue weighted by atomic mass is 10.2. The second kappa shape index (κ2) is 7.71. The molecule has 0 saturated carbocycles. The van der Waals surface area contributed by atoms with Crippen molar-refractivity contribution in [3.05, 3.63) is 65.0 Å². The van der Waals surface area contributed by atoms with E-state index in [1.54, 1.807) is 18.2 Å². The van der Waals surface area contributed by atoms with Crippen LogP contribution in [0.5, 0.6) is 11.5 Å². The summed E-state index contributed by atoms with van der Waals surface area (Å²) in [7, 11) is 2.92. The smallest absolute Gasteiger partial charge is 0.283 e. The molecule has 1 aromatic heterocycles. The van der Waals surface area contributed by atoms with Gasteiger partial charge in [-0.3, -0.25) is 4.79 Å². The average Bonchev–Trinajstić information content (AvgIpc) is 2.98. The first-order chi connectivity index (χ1) is 13.0. The Bertz CT molecular complexity index is 1100. The van der Waals surface area contributed by atoms with Crippen LogP contribution in [0.4, 0.5) is 8.78 Å². The molecule has 8 heteroatoms. The van der Waals surface area contributed by atoms with Crippen molar-refractivity contribution in [2.75, 3.05) is 14.2 Å². The van der Waals surface area contributed by atoms with Crippen LogP contribution < -0.4 is 14.3 Å². The summed E-state index contributed by atoms with van der Waals surface area (Å²) >= 11 is 1.01. The lowest BCUT2D eigenvalue weighted by molar-refractivity contribution is 0.0994. The molecule has 0 atom stereocenters. The van der Waals surface area contributed by atoms with E-state index in [0.717, 1.165) is 17.4 Å². The Morgan fingerprint density at radius 2 is 2.04 bits per heavy atom. The van der Waals surface area contributed by atoms with Gasteiger partial charge in [-0.25, -0.2) is 8.78 Å². The molecule has 0 spiro atoms. The van der Waals surface area contributed by atoms with Crippen molar-refractivity contribution in [3.63, 3.8) is 0 Å². The Hall–Kier alpha value is -3.00. The number of nitrogens with zero attached hydrogens (tertiary/aromatic N) is 2. The Morgan fingerprint density at radius 1 is 1.26 bits per heavy atom. The molecule has 0 aliphatic rings. The summed E-state index contributed by atoms with van der Waals surface area (Å²) in [6, 6.07) is 6.77.